The number of carboxylic acid groups (broad SMARTS) is 1. The number of hydrogen-bond donors (Lipinski definition) is 4. The van der Waals surface area contributed by atoms with Gasteiger partial charge in [0.15, 0.2) is 0 Å². The van der Waals surface area contributed by atoms with Crippen LogP contribution in [0.5, 0.6) is 0 Å². The summed E-state index contributed by atoms with van der Waals surface area (Å²) in [7, 11) is -1.43. The van der Waals surface area contributed by atoms with Crippen molar-refractivity contribution in [2.45, 2.75) is 45.0 Å². The summed E-state index contributed by atoms with van der Waals surface area (Å²) in [5.41, 5.74) is 6.72. The normalized spacial score (nSPS) is 17.7. The number of nitrogens with zero attached hydrogens (tertiary/aromatic N) is 1. The van der Waals surface area contributed by atoms with E-state index in [-0.39, 0.29) is 24.3 Å². The largest absolute Gasteiger partial charge is 0.478 e. The first-order valence-electron chi connectivity index (χ1n) is 9.95. The van der Waals surface area contributed by atoms with Gasteiger partial charge in [0.05, 0.1) is 0 Å². The van der Waals surface area contributed by atoms with Gasteiger partial charge in [0.2, 0.25) is 0 Å². The van der Waals surface area contributed by atoms with Crippen LogP contribution in [0.15, 0.2) is 29.3 Å². The molecule has 160 valence electrons. The molecule has 0 bridgehead atoms. The lowest BCUT2D eigenvalue weighted by Crippen LogP contribution is -2.38. The van der Waals surface area contributed by atoms with Crippen molar-refractivity contribution >= 4 is 13.1 Å². The molecule has 0 spiro atoms. The molecule has 1 atom stereocenters. The smallest absolute Gasteiger partial charge is 0.451 e. The van der Waals surface area contributed by atoms with E-state index in [2.05, 4.69) is 0 Å². The highest BCUT2D eigenvalue weighted by Crippen LogP contribution is 2.33. The molecule has 1 aromatic rings. The third-order valence-corrected chi connectivity index (χ3v) is 5.70. The summed E-state index contributed by atoms with van der Waals surface area (Å²) in [5, 5.41) is 27.7. The lowest BCUT2D eigenvalue weighted by atomic mass is 9.80. The highest BCUT2D eigenvalue weighted by molar-refractivity contribution is 6.40. The van der Waals surface area contributed by atoms with Crippen molar-refractivity contribution in [1.82, 2.24) is 4.90 Å². The number of carboxylic acids is 1. The van der Waals surface area contributed by atoms with Gasteiger partial charge in [-0.3, -0.25) is 4.90 Å². The van der Waals surface area contributed by atoms with Crippen molar-refractivity contribution < 1.29 is 28.7 Å². The standard InChI is InChI=1S/C20H29BF2N2O4/c1-13(18-16(22)5-2-6-17(18)23)25-10-7-14(8-11-25)19(20(26)27)15(12-24)4-3-9-21(28)29/h2,5-6,13-14,28-29H,3-4,7-12,24H2,1H3,(H,26,27)/b19-15-. The third-order valence-electron chi connectivity index (χ3n) is 5.70. The lowest BCUT2D eigenvalue weighted by molar-refractivity contribution is -0.133. The van der Waals surface area contributed by atoms with Crippen molar-refractivity contribution in [2.75, 3.05) is 19.6 Å². The fourth-order valence-electron chi connectivity index (χ4n) is 4.13. The average Bonchev–Trinajstić information content (AvgIpc) is 2.66. The molecule has 6 nitrogen and oxygen atoms in total. The summed E-state index contributed by atoms with van der Waals surface area (Å²) >= 11 is 0. The van der Waals surface area contributed by atoms with Crippen molar-refractivity contribution in [1.29, 1.82) is 0 Å². The molecular formula is C20H29BF2N2O4. The van der Waals surface area contributed by atoms with E-state index in [0.29, 0.717) is 49.9 Å². The number of rotatable bonds is 9. The number of halogens is 2. The maximum Gasteiger partial charge on any atom is 0.451 e. The molecule has 1 aliphatic heterocycles. The summed E-state index contributed by atoms with van der Waals surface area (Å²) in [6.07, 6.45) is 2.08. The van der Waals surface area contributed by atoms with Crippen molar-refractivity contribution in [3.05, 3.63) is 46.5 Å². The van der Waals surface area contributed by atoms with Crippen LogP contribution in [-0.4, -0.2) is 52.8 Å². The highest BCUT2D eigenvalue weighted by atomic mass is 19.1. The molecule has 1 saturated heterocycles. The molecule has 1 aliphatic rings. The topological polar surface area (TPSA) is 107 Å². The van der Waals surface area contributed by atoms with Gasteiger partial charge in [-0.1, -0.05) is 12.5 Å². The number of nitrogens with two attached hydrogens (primary N) is 1. The number of aliphatic carboxylic acids is 1. The lowest BCUT2D eigenvalue weighted by Gasteiger charge is -2.37. The third kappa shape index (κ3) is 6.09. The molecular weight excluding hydrogens is 381 g/mol. The summed E-state index contributed by atoms with van der Waals surface area (Å²) < 4.78 is 28.2. The minimum atomic E-state index is -1.43. The minimum Gasteiger partial charge on any atom is -0.478 e. The Morgan fingerprint density at radius 3 is 2.34 bits per heavy atom. The number of benzene rings is 1. The molecule has 0 aliphatic carbocycles. The zero-order valence-corrected chi connectivity index (χ0v) is 16.7. The Labute approximate surface area is 170 Å². The molecule has 9 heteroatoms. The van der Waals surface area contributed by atoms with E-state index in [1.54, 1.807) is 6.92 Å². The van der Waals surface area contributed by atoms with E-state index in [1.807, 2.05) is 4.90 Å². The average molecular weight is 410 g/mol. The van der Waals surface area contributed by atoms with E-state index >= 15 is 0 Å². The van der Waals surface area contributed by atoms with Gasteiger partial charge in [-0.25, -0.2) is 13.6 Å². The quantitative estimate of drug-likeness (QED) is 0.368. The first-order chi connectivity index (χ1) is 13.8. The van der Waals surface area contributed by atoms with Crippen LogP contribution in [0.3, 0.4) is 0 Å². The van der Waals surface area contributed by atoms with Crippen LogP contribution in [0.25, 0.3) is 0 Å². The van der Waals surface area contributed by atoms with Gasteiger partial charge in [0, 0.05) is 23.7 Å². The van der Waals surface area contributed by atoms with Gasteiger partial charge in [-0.05, 0) is 69.2 Å². The SMILES string of the molecule is CC(c1c(F)cccc1F)N1CCC(/C(C(=O)O)=C(/CN)CCCB(O)O)CC1. The Balaban J connectivity index is 2.10. The van der Waals surface area contributed by atoms with Gasteiger partial charge in [-0.2, -0.15) is 0 Å². The van der Waals surface area contributed by atoms with Crippen LogP contribution in [-0.2, 0) is 4.79 Å². The molecule has 1 fully saturated rings. The van der Waals surface area contributed by atoms with E-state index < -0.39 is 30.8 Å². The first-order valence-corrected chi connectivity index (χ1v) is 9.95. The number of hydrogen-bond acceptors (Lipinski definition) is 5. The molecule has 5 N–H and O–H groups in total. The molecule has 29 heavy (non-hydrogen) atoms. The minimum absolute atomic E-state index is 0.0326. The van der Waals surface area contributed by atoms with Crippen molar-refractivity contribution in [3.8, 4) is 0 Å². The van der Waals surface area contributed by atoms with Gasteiger partial charge in [-0.15, -0.1) is 0 Å². The van der Waals surface area contributed by atoms with E-state index in [0.717, 1.165) is 0 Å². The number of likely N-dealkylation sites (tertiary alicyclic amines) is 1. The zero-order chi connectivity index (χ0) is 21.6. The summed E-state index contributed by atoms with van der Waals surface area (Å²) in [4.78, 5) is 13.9. The molecule has 0 radical (unpaired) electrons. The fraction of sp³-hybridized carbons (Fsp3) is 0.550. The summed E-state index contributed by atoms with van der Waals surface area (Å²) in [5.74, 6) is -2.37. The predicted molar refractivity (Wildman–Crippen MR) is 107 cm³/mol. The fourth-order valence-corrected chi connectivity index (χ4v) is 4.13. The van der Waals surface area contributed by atoms with Gasteiger partial charge in [0.25, 0.3) is 0 Å². The molecule has 0 amide bonds. The van der Waals surface area contributed by atoms with Crippen LogP contribution >= 0.6 is 0 Å². The molecule has 1 unspecified atom stereocenters. The molecule has 1 aromatic carbocycles. The predicted octanol–water partition coefficient (Wildman–Crippen LogP) is 2.33. The highest BCUT2D eigenvalue weighted by Gasteiger charge is 2.31. The zero-order valence-electron chi connectivity index (χ0n) is 16.7. The van der Waals surface area contributed by atoms with Crippen LogP contribution in [0.1, 0.15) is 44.2 Å². The molecule has 1 heterocycles. The second-order valence-electron chi connectivity index (χ2n) is 7.52. The van der Waals surface area contributed by atoms with E-state index in [9.17, 15) is 18.7 Å². The Kier molecular flexibility index (Phi) is 8.76. The van der Waals surface area contributed by atoms with Crippen molar-refractivity contribution in [3.63, 3.8) is 0 Å². The molecule has 2 rings (SSSR count). The summed E-state index contributed by atoms with van der Waals surface area (Å²) in [6.45, 7) is 2.88. The van der Waals surface area contributed by atoms with Gasteiger partial charge in [0.1, 0.15) is 11.6 Å². The van der Waals surface area contributed by atoms with E-state index in [4.69, 9.17) is 15.8 Å². The second-order valence-corrected chi connectivity index (χ2v) is 7.52. The Morgan fingerprint density at radius 1 is 1.28 bits per heavy atom. The molecule has 0 saturated carbocycles. The summed E-state index contributed by atoms with van der Waals surface area (Å²) in [6, 6.07) is 3.36. The Morgan fingerprint density at radius 2 is 1.86 bits per heavy atom. The maximum absolute atomic E-state index is 14.1. The van der Waals surface area contributed by atoms with Crippen molar-refractivity contribution in [2.24, 2.45) is 11.7 Å². The monoisotopic (exact) mass is 410 g/mol. The first kappa shape index (κ1) is 23.5. The van der Waals surface area contributed by atoms with Gasteiger partial charge < -0.3 is 20.9 Å². The van der Waals surface area contributed by atoms with Crippen LogP contribution in [0, 0.1) is 17.6 Å². The number of piperidine rings is 1. The van der Waals surface area contributed by atoms with Gasteiger partial charge >= 0.3 is 13.1 Å². The van der Waals surface area contributed by atoms with Crippen LogP contribution in [0.4, 0.5) is 8.78 Å². The number of carbonyl (C=O) groups is 1. The van der Waals surface area contributed by atoms with Crippen LogP contribution in [0.2, 0.25) is 6.32 Å². The Bertz CT molecular complexity index is 717. The van der Waals surface area contributed by atoms with E-state index in [1.165, 1.54) is 18.2 Å². The Hall–Kier alpha value is -1.81. The second kappa shape index (κ2) is 10.8. The molecule has 0 aromatic heterocycles. The maximum atomic E-state index is 14.1. The van der Waals surface area contributed by atoms with Crippen LogP contribution < -0.4 is 5.73 Å².